The summed E-state index contributed by atoms with van der Waals surface area (Å²) in [6.07, 6.45) is 6.44. The summed E-state index contributed by atoms with van der Waals surface area (Å²) in [6, 6.07) is 11.9. The van der Waals surface area contributed by atoms with E-state index in [0.29, 0.717) is 30.2 Å². The first-order chi connectivity index (χ1) is 19.3. The van der Waals surface area contributed by atoms with Crippen molar-refractivity contribution in [2.24, 2.45) is 0 Å². The third-order valence-corrected chi connectivity index (χ3v) is 7.46. The molecule has 204 valence electrons. The van der Waals surface area contributed by atoms with Gasteiger partial charge in [0, 0.05) is 47.0 Å². The molecule has 3 aromatic heterocycles. The van der Waals surface area contributed by atoms with E-state index < -0.39 is 17.3 Å². The van der Waals surface area contributed by atoms with Crippen molar-refractivity contribution in [1.82, 2.24) is 34.6 Å². The third-order valence-electron chi connectivity index (χ3n) is 6.94. The van der Waals surface area contributed by atoms with Crippen molar-refractivity contribution in [3.63, 3.8) is 0 Å². The van der Waals surface area contributed by atoms with E-state index in [0.717, 1.165) is 40.8 Å². The monoisotopic (exact) mass is 608 g/mol. The molecule has 0 bridgehead atoms. The zero-order chi connectivity index (χ0) is 27.8. The van der Waals surface area contributed by atoms with Gasteiger partial charge in [0.25, 0.3) is 5.91 Å². The number of carbonyl (C=O) groups is 1. The van der Waals surface area contributed by atoms with Gasteiger partial charge in [-0.3, -0.25) is 4.79 Å². The molecule has 6 rings (SSSR count). The number of halogens is 3. The number of hydrogen-bond donors (Lipinski definition) is 1. The number of piperidine rings is 1. The lowest BCUT2D eigenvalue weighted by Gasteiger charge is -2.30. The molecule has 0 atom stereocenters. The number of nitrogens with zero attached hydrogens (tertiary/aromatic N) is 7. The van der Waals surface area contributed by atoms with Crippen LogP contribution in [0.4, 0.5) is 14.5 Å². The molecule has 1 fully saturated rings. The maximum atomic E-state index is 13.8. The molecule has 4 heterocycles. The number of anilines is 1. The van der Waals surface area contributed by atoms with Crippen LogP contribution in [-0.2, 0) is 6.54 Å². The van der Waals surface area contributed by atoms with E-state index in [1.165, 1.54) is 4.68 Å². The van der Waals surface area contributed by atoms with E-state index in [-0.39, 0.29) is 23.9 Å². The maximum Gasteiger partial charge on any atom is 0.274 e. The van der Waals surface area contributed by atoms with Gasteiger partial charge in [0.05, 0.1) is 11.9 Å². The number of nitrogen functional groups attached to an aromatic ring is 1. The normalized spacial score (nSPS) is 14.1. The van der Waals surface area contributed by atoms with Gasteiger partial charge in [0.15, 0.2) is 5.76 Å². The molecule has 1 aliphatic heterocycles. The lowest BCUT2D eigenvalue weighted by atomic mass is 9.93. The first-order valence-corrected chi connectivity index (χ1v) is 13.3. The summed E-state index contributed by atoms with van der Waals surface area (Å²) in [6.45, 7) is 1.41. The Balaban J connectivity index is 1.05. The average Bonchev–Trinajstić information content (AvgIpc) is 3.74. The second-order valence-corrected chi connectivity index (χ2v) is 10.5. The minimum Gasteiger partial charge on any atom is -0.394 e. The number of nitrogens with two attached hydrogens (primary N) is 1. The largest absolute Gasteiger partial charge is 0.394 e. The molecule has 10 nitrogen and oxygen atoms in total. The van der Waals surface area contributed by atoms with Gasteiger partial charge in [-0.05, 0) is 49.2 Å². The zero-order valence-electron chi connectivity index (χ0n) is 21.0. The Morgan fingerprint density at radius 2 is 1.80 bits per heavy atom. The third kappa shape index (κ3) is 5.24. The predicted molar refractivity (Wildman–Crippen MR) is 145 cm³/mol. The van der Waals surface area contributed by atoms with Crippen molar-refractivity contribution in [2.45, 2.75) is 25.3 Å². The van der Waals surface area contributed by atoms with Crippen LogP contribution >= 0.6 is 15.9 Å². The van der Waals surface area contributed by atoms with Crippen LogP contribution in [0.25, 0.3) is 16.9 Å². The molecule has 13 heteroatoms. The highest BCUT2D eigenvalue weighted by Gasteiger charge is 2.27. The van der Waals surface area contributed by atoms with Crippen molar-refractivity contribution >= 4 is 27.5 Å². The number of rotatable bonds is 6. The second-order valence-electron chi connectivity index (χ2n) is 9.58. The van der Waals surface area contributed by atoms with Gasteiger partial charge in [0.2, 0.25) is 0 Å². The van der Waals surface area contributed by atoms with Gasteiger partial charge in [-0.25, -0.2) is 18.4 Å². The minimum atomic E-state index is -0.854. The fourth-order valence-electron chi connectivity index (χ4n) is 4.72. The van der Waals surface area contributed by atoms with E-state index in [9.17, 15) is 13.6 Å². The predicted octanol–water partition coefficient (Wildman–Crippen LogP) is 4.81. The van der Waals surface area contributed by atoms with Gasteiger partial charge in [-0.1, -0.05) is 26.3 Å². The maximum absolute atomic E-state index is 13.8. The van der Waals surface area contributed by atoms with Crippen molar-refractivity contribution < 1.29 is 18.1 Å². The Hall–Kier alpha value is -4.39. The lowest BCUT2D eigenvalue weighted by molar-refractivity contribution is 0.0706. The van der Waals surface area contributed by atoms with Gasteiger partial charge < -0.3 is 19.7 Å². The highest BCUT2D eigenvalue weighted by molar-refractivity contribution is 9.10. The SMILES string of the molecule is Nc1c(F)cc(-c2cn(Cc3cc(C4CCN(C(=O)c5cn(-c6ccc(Br)cc6)cn5)CC4)no3)nn2)cc1F. The summed E-state index contributed by atoms with van der Waals surface area (Å²) in [7, 11) is 0. The molecule has 0 unspecified atom stereocenters. The quantitative estimate of drug-likeness (QED) is 0.275. The number of benzene rings is 2. The zero-order valence-corrected chi connectivity index (χ0v) is 22.6. The molecule has 40 heavy (non-hydrogen) atoms. The average molecular weight is 609 g/mol. The number of carbonyl (C=O) groups excluding carboxylic acids is 1. The molecule has 0 spiro atoms. The van der Waals surface area contributed by atoms with Crippen molar-refractivity contribution in [1.29, 1.82) is 0 Å². The summed E-state index contributed by atoms with van der Waals surface area (Å²) < 4.78 is 37.5. The van der Waals surface area contributed by atoms with E-state index >= 15 is 0 Å². The summed E-state index contributed by atoms with van der Waals surface area (Å²) >= 11 is 3.42. The Kier molecular flexibility index (Phi) is 6.88. The number of amides is 1. The van der Waals surface area contributed by atoms with Crippen LogP contribution in [-0.4, -0.2) is 53.6 Å². The Labute approximate surface area is 235 Å². The molecule has 1 saturated heterocycles. The van der Waals surface area contributed by atoms with Crippen LogP contribution in [0.5, 0.6) is 0 Å². The molecule has 2 aromatic carbocycles. The van der Waals surface area contributed by atoms with Crippen LogP contribution < -0.4 is 5.73 Å². The standard InChI is InChI=1S/C27H23BrF2N8O2/c28-18-1-3-19(4-2-18)37-13-25(32-15-37)27(39)36-7-5-16(6-8-36)23-11-20(40-34-23)12-38-14-24(33-35-38)17-9-21(29)26(31)22(30)10-17/h1-4,9-11,13-16H,5-8,12,31H2. The van der Waals surface area contributed by atoms with E-state index in [1.807, 2.05) is 39.8 Å². The molecule has 0 aliphatic carbocycles. The van der Waals surface area contributed by atoms with Gasteiger partial charge in [-0.2, -0.15) is 0 Å². The summed E-state index contributed by atoms with van der Waals surface area (Å²) in [5.74, 6) is -1.09. The minimum absolute atomic E-state index is 0.0991. The van der Waals surface area contributed by atoms with Crippen LogP contribution in [0.3, 0.4) is 0 Å². The van der Waals surface area contributed by atoms with Gasteiger partial charge in [-0.15, -0.1) is 5.10 Å². The summed E-state index contributed by atoms with van der Waals surface area (Å²) in [4.78, 5) is 19.2. The van der Waals surface area contributed by atoms with Crippen molar-refractivity contribution in [3.8, 4) is 16.9 Å². The highest BCUT2D eigenvalue weighted by atomic mass is 79.9. The molecular formula is C27H23BrF2N8O2. The van der Waals surface area contributed by atoms with Crippen molar-refractivity contribution in [2.75, 3.05) is 18.8 Å². The van der Waals surface area contributed by atoms with E-state index in [2.05, 4.69) is 36.4 Å². The molecule has 2 N–H and O–H groups in total. The molecule has 5 aromatic rings. The van der Waals surface area contributed by atoms with Gasteiger partial charge in [0.1, 0.15) is 41.6 Å². The van der Waals surface area contributed by atoms with Crippen LogP contribution in [0, 0.1) is 11.6 Å². The van der Waals surface area contributed by atoms with E-state index in [4.69, 9.17) is 10.3 Å². The summed E-state index contributed by atoms with van der Waals surface area (Å²) in [5.41, 5.74) is 7.47. The topological polar surface area (TPSA) is 121 Å². The first-order valence-electron chi connectivity index (χ1n) is 12.5. The second kappa shape index (κ2) is 10.6. The molecular weight excluding hydrogens is 586 g/mol. The fraction of sp³-hybridized carbons (Fsp3) is 0.222. The number of likely N-dealkylation sites (tertiary alicyclic amines) is 1. The molecule has 1 amide bonds. The van der Waals surface area contributed by atoms with Crippen molar-refractivity contribution in [3.05, 3.63) is 94.4 Å². The van der Waals surface area contributed by atoms with Crippen LogP contribution in [0.1, 0.15) is 40.7 Å². The smallest absolute Gasteiger partial charge is 0.274 e. The fourth-order valence-corrected chi connectivity index (χ4v) is 4.99. The Morgan fingerprint density at radius 3 is 2.52 bits per heavy atom. The van der Waals surface area contributed by atoms with Crippen LogP contribution in [0.15, 0.2) is 70.2 Å². The Morgan fingerprint density at radius 1 is 1.07 bits per heavy atom. The van der Waals surface area contributed by atoms with E-state index in [1.54, 1.807) is 18.7 Å². The summed E-state index contributed by atoms with van der Waals surface area (Å²) in [5, 5.41) is 12.3. The number of aromatic nitrogens is 6. The molecule has 0 saturated carbocycles. The molecule has 1 aliphatic rings. The molecule has 0 radical (unpaired) electrons. The Bertz CT molecular complexity index is 1650. The highest BCUT2D eigenvalue weighted by Crippen LogP contribution is 2.29. The van der Waals surface area contributed by atoms with Crippen LogP contribution in [0.2, 0.25) is 0 Å². The van der Waals surface area contributed by atoms with Gasteiger partial charge >= 0.3 is 0 Å². The first kappa shape index (κ1) is 25.9. The number of imidazole rings is 1. The lowest BCUT2D eigenvalue weighted by Crippen LogP contribution is -2.38. The number of hydrogen-bond acceptors (Lipinski definition) is 7.